The summed E-state index contributed by atoms with van der Waals surface area (Å²) in [5.41, 5.74) is 1.56. The van der Waals surface area contributed by atoms with Crippen molar-refractivity contribution in [3.05, 3.63) is 58.6 Å². The third kappa shape index (κ3) is 3.33. The van der Waals surface area contributed by atoms with Crippen molar-refractivity contribution < 1.29 is 4.79 Å². The zero-order chi connectivity index (χ0) is 13.7. The Balaban J connectivity index is 2.11. The number of carbonyl (C=O) groups excluding carboxylic acids is 1. The fourth-order valence-electron chi connectivity index (χ4n) is 1.53. The second-order valence-corrected chi connectivity index (χ2v) is 4.57. The van der Waals surface area contributed by atoms with Crippen LogP contribution in [0.3, 0.4) is 0 Å². The lowest BCUT2D eigenvalue weighted by Crippen LogP contribution is -2.20. The molecule has 0 saturated carbocycles. The van der Waals surface area contributed by atoms with Crippen LogP contribution in [0.5, 0.6) is 0 Å². The third-order valence-electron chi connectivity index (χ3n) is 2.42. The van der Waals surface area contributed by atoms with Crippen LogP contribution in [0.4, 0.5) is 16.2 Å². The number of nitriles is 1. The Morgan fingerprint density at radius 2 is 1.58 bits per heavy atom. The zero-order valence-electron chi connectivity index (χ0n) is 9.85. The maximum Gasteiger partial charge on any atom is 0.323 e. The molecule has 0 aromatic heterocycles. The first-order chi connectivity index (χ1) is 9.20. The lowest BCUT2D eigenvalue weighted by atomic mass is 10.2. The lowest BCUT2D eigenvalue weighted by molar-refractivity contribution is 0.262. The molecule has 0 bridgehead atoms. The average molecular weight is 316 g/mol. The highest BCUT2D eigenvalue weighted by Crippen LogP contribution is 2.21. The Kier molecular flexibility index (Phi) is 4.16. The molecule has 0 aliphatic carbocycles. The number of anilines is 2. The minimum atomic E-state index is -0.394. The van der Waals surface area contributed by atoms with E-state index in [0.29, 0.717) is 16.9 Å². The normalized spacial score (nSPS) is 9.47. The molecule has 0 aliphatic heterocycles. The molecule has 0 atom stereocenters. The van der Waals surface area contributed by atoms with E-state index in [9.17, 15) is 4.79 Å². The van der Waals surface area contributed by atoms with Gasteiger partial charge >= 0.3 is 6.03 Å². The molecule has 2 rings (SSSR count). The van der Waals surface area contributed by atoms with E-state index in [0.717, 1.165) is 4.47 Å². The summed E-state index contributed by atoms with van der Waals surface area (Å²) in [7, 11) is 0. The monoisotopic (exact) mass is 315 g/mol. The van der Waals surface area contributed by atoms with Crippen LogP contribution >= 0.6 is 15.9 Å². The molecule has 0 radical (unpaired) electrons. The average Bonchev–Trinajstić information content (AvgIpc) is 2.42. The predicted octanol–water partition coefficient (Wildman–Crippen LogP) is 3.96. The Bertz CT molecular complexity index is 649. The highest BCUT2D eigenvalue weighted by molar-refractivity contribution is 9.10. The molecule has 0 spiro atoms. The maximum absolute atomic E-state index is 11.8. The number of benzene rings is 2. The predicted molar refractivity (Wildman–Crippen MR) is 77.9 cm³/mol. The summed E-state index contributed by atoms with van der Waals surface area (Å²) in [4.78, 5) is 11.8. The fraction of sp³-hybridized carbons (Fsp3) is 0. The van der Waals surface area contributed by atoms with Gasteiger partial charge in [0.2, 0.25) is 0 Å². The van der Waals surface area contributed by atoms with Crippen molar-refractivity contribution in [3.63, 3.8) is 0 Å². The van der Waals surface area contributed by atoms with Gasteiger partial charge in [0.15, 0.2) is 0 Å². The molecule has 0 aliphatic rings. The SMILES string of the molecule is N#Cc1ccccc1NC(=O)Nc1ccccc1Br. The number of urea groups is 1. The second kappa shape index (κ2) is 6.03. The first-order valence-corrected chi connectivity index (χ1v) is 6.31. The van der Waals surface area contributed by atoms with Gasteiger partial charge in [-0.05, 0) is 40.2 Å². The number of nitrogens with one attached hydrogen (secondary N) is 2. The van der Waals surface area contributed by atoms with Crippen molar-refractivity contribution in [3.8, 4) is 6.07 Å². The number of hydrogen-bond donors (Lipinski definition) is 2. The number of carbonyl (C=O) groups is 1. The van der Waals surface area contributed by atoms with Gasteiger partial charge in [0.1, 0.15) is 6.07 Å². The fourth-order valence-corrected chi connectivity index (χ4v) is 1.91. The van der Waals surface area contributed by atoms with Gasteiger partial charge in [-0.1, -0.05) is 24.3 Å². The van der Waals surface area contributed by atoms with Gasteiger partial charge in [-0.3, -0.25) is 0 Å². The summed E-state index contributed by atoms with van der Waals surface area (Å²) in [6.45, 7) is 0. The highest BCUT2D eigenvalue weighted by Gasteiger charge is 2.07. The van der Waals surface area contributed by atoms with E-state index in [4.69, 9.17) is 5.26 Å². The Morgan fingerprint density at radius 1 is 1.00 bits per heavy atom. The third-order valence-corrected chi connectivity index (χ3v) is 3.11. The molecule has 0 unspecified atom stereocenters. The first kappa shape index (κ1) is 13.1. The molecule has 0 heterocycles. The van der Waals surface area contributed by atoms with E-state index >= 15 is 0 Å². The van der Waals surface area contributed by atoms with E-state index in [1.807, 2.05) is 24.3 Å². The van der Waals surface area contributed by atoms with Crippen LogP contribution in [0.1, 0.15) is 5.56 Å². The molecule has 5 heteroatoms. The summed E-state index contributed by atoms with van der Waals surface area (Å²) in [6.07, 6.45) is 0. The molecule has 19 heavy (non-hydrogen) atoms. The van der Waals surface area contributed by atoms with Crippen molar-refractivity contribution in [2.24, 2.45) is 0 Å². The van der Waals surface area contributed by atoms with Crippen LogP contribution in [0.2, 0.25) is 0 Å². The Labute approximate surface area is 119 Å². The highest BCUT2D eigenvalue weighted by atomic mass is 79.9. The molecular formula is C14H10BrN3O. The van der Waals surface area contributed by atoms with Gasteiger partial charge < -0.3 is 10.6 Å². The van der Waals surface area contributed by atoms with Crippen LogP contribution in [0, 0.1) is 11.3 Å². The van der Waals surface area contributed by atoms with Crippen LogP contribution in [-0.2, 0) is 0 Å². The van der Waals surface area contributed by atoms with Gasteiger partial charge in [-0.2, -0.15) is 5.26 Å². The van der Waals surface area contributed by atoms with Crippen molar-refractivity contribution in [1.82, 2.24) is 0 Å². The van der Waals surface area contributed by atoms with Crippen molar-refractivity contribution in [2.75, 3.05) is 10.6 Å². The molecule has 0 saturated heterocycles. The van der Waals surface area contributed by atoms with E-state index < -0.39 is 6.03 Å². The van der Waals surface area contributed by atoms with E-state index in [2.05, 4.69) is 26.6 Å². The molecular weight excluding hydrogens is 306 g/mol. The topological polar surface area (TPSA) is 64.9 Å². The van der Waals surface area contributed by atoms with E-state index in [1.165, 1.54) is 0 Å². The number of rotatable bonds is 2. The Morgan fingerprint density at radius 3 is 2.26 bits per heavy atom. The zero-order valence-corrected chi connectivity index (χ0v) is 11.4. The molecule has 4 nitrogen and oxygen atoms in total. The Hall–Kier alpha value is -2.32. The van der Waals surface area contributed by atoms with E-state index in [1.54, 1.807) is 30.3 Å². The number of hydrogen-bond acceptors (Lipinski definition) is 2. The minimum absolute atomic E-state index is 0.394. The quantitative estimate of drug-likeness (QED) is 0.880. The van der Waals surface area contributed by atoms with Crippen molar-refractivity contribution in [2.45, 2.75) is 0 Å². The standard InChI is InChI=1S/C14H10BrN3O/c15-11-6-2-4-8-13(11)18-14(19)17-12-7-3-1-5-10(12)9-16/h1-8H,(H2,17,18,19). The summed E-state index contributed by atoms with van der Waals surface area (Å²) in [6, 6.07) is 15.8. The van der Waals surface area contributed by atoms with Crippen LogP contribution in [0.25, 0.3) is 0 Å². The number of para-hydroxylation sites is 2. The summed E-state index contributed by atoms with van der Waals surface area (Å²) in [5, 5.41) is 14.3. The largest absolute Gasteiger partial charge is 0.323 e. The van der Waals surface area contributed by atoms with Crippen LogP contribution < -0.4 is 10.6 Å². The second-order valence-electron chi connectivity index (χ2n) is 3.72. The van der Waals surface area contributed by atoms with Crippen molar-refractivity contribution >= 4 is 33.3 Å². The summed E-state index contributed by atoms with van der Waals surface area (Å²) in [5.74, 6) is 0. The van der Waals surface area contributed by atoms with Crippen molar-refractivity contribution in [1.29, 1.82) is 5.26 Å². The van der Waals surface area contributed by atoms with Crippen LogP contribution in [-0.4, -0.2) is 6.03 Å². The van der Waals surface area contributed by atoms with Gasteiger partial charge in [-0.25, -0.2) is 4.79 Å². The van der Waals surface area contributed by atoms with Gasteiger partial charge in [0.05, 0.1) is 16.9 Å². The maximum atomic E-state index is 11.8. The van der Waals surface area contributed by atoms with E-state index in [-0.39, 0.29) is 0 Å². The van der Waals surface area contributed by atoms with Gasteiger partial charge in [-0.15, -0.1) is 0 Å². The van der Waals surface area contributed by atoms with Gasteiger partial charge in [0, 0.05) is 4.47 Å². The summed E-state index contributed by atoms with van der Waals surface area (Å²) < 4.78 is 0.790. The molecule has 2 amide bonds. The number of nitrogens with zero attached hydrogens (tertiary/aromatic N) is 1. The number of amides is 2. The molecule has 94 valence electrons. The number of halogens is 1. The molecule has 2 N–H and O–H groups in total. The molecule has 2 aromatic carbocycles. The summed E-state index contributed by atoms with van der Waals surface area (Å²) >= 11 is 3.34. The first-order valence-electron chi connectivity index (χ1n) is 5.52. The minimum Gasteiger partial charge on any atom is -0.307 e. The smallest absolute Gasteiger partial charge is 0.307 e. The van der Waals surface area contributed by atoms with Crippen LogP contribution in [0.15, 0.2) is 53.0 Å². The molecule has 0 fully saturated rings. The van der Waals surface area contributed by atoms with Gasteiger partial charge in [0.25, 0.3) is 0 Å². The molecule has 2 aromatic rings. The lowest BCUT2D eigenvalue weighted by Gasteiger charge is -2.09.